The van der Waals surface area contributed by atoms with Crippen molar-refractivity contribution in [3.8, 4) is 0 Å². The highest BCUT2D eigenvalue weighted by molar-refractivity contribution is 7.47. The van der Waals surface area contributed by atoms with Gasteiger partial charge in [0.1, 0.15) is 12.7 Å². The maximum absolute atomic E-state index is 12.9. The molecule has 0 bridgehead atoms. The SMILES string of the molecule is CC/C=C\C/C=C\C/C=C\CCCCCCCC(=O)OC(COC(=O)CCCCC/C=C\C/C=C\C/C=C\CC)COP(=O)(O)OCC(CO)OC(=O)CCCCCCCCCCCCCCC. The zero-order valence-corrected chi connectivity index (χ0v) is 43.9. The first-order valence-electron chi connectivity index (χ1n) is 26.8. The van der Waals surface area contributed by atoms with Crippen LogP contribution >= 0.6 is 7.82 Å². The summed E-state index contributed by atoms with van der Waals surface area (Å²) in [6.07, 6.45) is 54.4. The highest BCUT2D eigenvalue weighted by Crippen LogP contribution is 2.43. The van der Waals surface area contributed by atoms with Crippen molar-refractivity contribution in [2.45, 2.75) is 238 Å². The minimum absolute atomic E-state index is 0.140. The number of allylic oxidation sites excluding steroid dienone is 12. The number of hydrogen-bond acceptors (Lipinski definition) is 10. The van der Waals surface area contributed by atoms with Crippen LogP contribution in [0, 0.1) is 0 Å². The van der Waals surface area contributed by atoms with E-state index in [1.54, 1.807) is 0 Å². The molecule has 0 spiro atoms. The summed E-state index contributed by atoms with van der Waals surface area (Å²) in [7, 11) is -4.75. The molecule has 0 aromatic heterocycles. The lowest BCUT2D eigenvalue weighted by molar-refractivity contribution is -0.161. The van der Waals surface area contributed by atoms with E-state index in [0.29, 0.717) is 19.3 Å². The fourth-order valence-electron chi connectivity index (χ4n) is 7.09. The summed E-state index contributed by atoms with van der Waals surface area (Å²) in [5.41, 5.74) is 0. The number of hydrogen-bond donors (Lipinski definition) is 2. The Morgan fingerprint density at radius 2 is 0.765 bits per heavy atom. The van der Waals surface area contributed by atoms with Crippen molar-refractivity contribution in [1.29, 1.82) is 0 Å². The largest absolute Gasteiger partial charge is 0.472 e. The number of esters is 3. The molecule has 0 radical (unpaired) electrons. The molecule has 0 heterocycles. The van der Waals surface area contributed by atoms with E-state index >= 15 is 0 Å². The first-order chi connectivity index (χ1) is 33.2. The molecule has 0 rings (SSSR count). The van der Waals surface area contributed by atoms with Crippen molar-refractivity contribution in [3.63, 3.8) is 0 Å². The first kappa shape index (κ1) is 64.9. The minimum atomic E-state index is -4.75. The predicted molar refractivity (Wildman–Crippen MR) is 279 cm³/mol. The van der Waals surface area contributed by atoms with Crippen molar-refractivity contribution in [2.75, 3.05) is 26.4 Å². The zero-order chi connectivity index (χ0) is 49.9. The molecule has 0 aromatic carbocycles. The van der Waals surface area contributed by atoms with Crippen LogP contribution in [-0.4, -0.2) is 66.5 Å². The summed E-state index contributed by atoms with van der Waals surface area (Å²) in [4.78, 5) is 48.4. The Morgan fingerprint density at radius 1 is 0.426 bits per heavy atom. The molecule has 392 valence electrons. The van der Waals surface area contributed by atoms with Crippen LogP contribution in [-0.2, 0) is 42.2 Å². The lowest BCUT2D eigenvalue weighted by atomic mass is 10.0. The van der Waals surface area contributed by atoms with Gasteiger partial charge in [0.25, 0.3) is 0 Å². The number of aliphatic hydroxyl groups excluding tert-OH is 1. The van der Waals surface area contributed by atoms with E-state index in [1.807, 2.05) is 0 Å². The van der Waals surface area contributed by atoms with Gasteiger partial charge in [-0.1, -0.05) is 196 Å². The average molecular weight is 977 g/mol. The second-order valence-corrected chi connectivity index (χ2v) is 19.1. The molecule has 68 heavy (non-hydrogen) atoms. The zero-order valence-electron chi connectivity index (χ0n) is 43.1. The van der Waals surface area contributed by atoms with Crippen LogP contribution in [0.1, 0.15) is 226 Å². The molecular weight excluding hydrogens is 880 g/mol. The molecular formula is C56H97O11P. The minimum Gasteiger partial charge on any atom is -0.462 e. The molecule has 11 nitrogen and oxygen atoms in total. The third kappa shape index (κ3) is 48.0. The van der Waals surface area contributed by atoms with E-state index in [1.165, 1.54) is 57.8 Å². The van der Waals surface area contributed by atoms with Crippen molar-refractivity contribution < 1.29 is 52.2 Å². The number of rotatable bonds is 49. The highest BCUT2D eigenvalue weighted by Gasteiger charge is 2.28. The number of phosphoric ester groups is 1. The highest BCUT2D eigenvalue weighted by atomic mass is 31.2. The molecule has 0 aliphatic heterocycles. The number of carbonyl (C=O) groups excluding carboxylic acids is 3. The molecule has 0 aliphatic carbocycles. The van der Waals surface area contributed by atoms with E-state index in [4.69, 9.17) is 23.3 Å². The molecule has 0 aromatic rings. The smallest absolute Gasteiger partial charge is 0.462 e. The van der Waals surface area contributed by atoms with Crippen LogP contribution in [0.15, 0.2) is 72.9 Å². The van der Waals surface area contributed by atoms with Crippen LogP contribution in [0.5, 0.6) is 0 Å². The van der Waals surface area contributed by atoms with Crippen LogP contribution in [0.25, 0.3) is 0 Å². The predicted octanol–water partition coefficient (Wildman–Crippen LogP) is 15.4. The molecule has 3 atom stereocenters. The summed E-state index contributed by atoms with van der Waals surface area (Å²) in [5.74, 6) is -1.52. The van der Waals surface area contributed by atoms with Gasteiger partial charge in [-0.25, -0.2) is 4.57 Å². The molecule has 0 amide bonds. The van der Waals surface area contributed by atoms with E-state index in [2.05, 4.69) is 93.7 Å². The average Bonchev–Trinajstić information content (AvgIpc) is 3.32. The fourth-order valence-corrected chi connectivity index (χ4v) is 7.87. The Bertz CT molecular complexity index is 1420. The van der Waals surface area contributed by atoms with Crippen molar-refractivity contribution in [3.05, 3.63) is 72.9 Å². The summed E-state index contributed by atoms with van der Waals surface area (Å²) in [6.45, 7) is 4.36. The summed E-state index contributed by atoms with van der Waals surface area (Å²) >= 11 is 0. The quantitative estimate of drug-likeness (QED) is 0.0197. The molecule has 2 N–H and O–H groups in total. The van der Waals surface area contributed by atoms with Gasteiger partial charge in [0, 0.05) is 19.3 Å². The van der Waals surface area contributed by atoms with E-state index in [-0.39, 0.29) is 25.9 Å². The van der Waals surface area contributed by atoms with Crippen molar-refractivity contribution in [1.82, 2.24) is 0 Å². The monoisotopic (exact) mass is 977 g/mol. The Balaban J connectivity index is 4.79. The summed E-state index contributed by atoms with van der Waals surface area (Å²) in [5, 5.41) is 9.78. The van der Waals surface area contributed by atoms with Gasteiger partial charge in [0.15, 0.2) is 6.10 Å². The van der Waals surface area contributed by atoms with Gasteiger partial charge < -0.3 is 24.2 Å². The lowest BCUT2D eigenvalue weighted by Gasteiger charge is -2.21. The number of phosphoric acid groups is 1. The van der Waals surface area contributed by atoms with Crippen LogP contribution in [0.2, 0.25) is 0 Å². The maximum atomic E-state index is 12.9. The van der Waals surface area contributed by atoms with E-state index < -0.39 is 57.8 Å². The number of unbranched alkanes of at least 4 members (excludes halogenated alkanes) is 20. The van der Waals surface area contributed by atoms with Crippen LogP contribution < -0.4 is 0 Å². The second kappa shape index (κ2) is 50.3. The van der Waals surface area contributed by atoms with Gasteiger partial charge in [-0.15, -0.1) is 0 Å². The van der Waals surface area contributed by atoms with Gasteiger partial charge in [0.05, 0.1) is 19.8 Å². The Labute approximate surface area is 414 Å². The Kier molecular flexibility index (Phi) is 48.0. The molecule has 12 heteroatoms. The van der Waals surface area contributed by atoms with Crippen molar-refractivity contribution in [2.24, 2.45) is 0 Å². The molecule has 0 aliphatic rings. The number of ether oxygens (including phenoxy) is 3. The van der Waals surface area contributed by atoms with Gasteiger partial charge in [-0.2, -0.15) is 0 Å². The Hall–Kier alpha value is -3.08. The van der Waals surface area contributed by atoms with Crippen LogP contribution in [0.4, 0.5) is 0 Å². The molecule has 0 saturated carbocycles. The first-order valence-corrected chi connectivity index (χ1v) is 28.3. The topological polar surface area (TPSA) is 155 Å². The second-order valence-electron chi connectivity index (χ2n) is 17.6. The van der Waals surface area contributed by atoms with Gasteiger partial charge in [-0.3, -0.25) is 23.4 Å². The number of carbonyl (C=O) groups is 3. The normalized spacial score (nSPS) is 14.0. The van der Waals surface area contributed by atoms with Gasteiger partial charge >= 0.3 is 25.7 Å². The molecule has 0 saturated heterocycles. The fraction of sp³-hybridized carbons (Fsp3) is 0.732. The van der Waals surface area contributed by atoms with Gasteiger partial charge in [-0.05, 0) is 83.5 Å². The maximum Gasteiger partial charge on any atom is 0.472 e. The van der Waals surface area contributed by atoms with Crippen LogP contribution in [0.3, 0.4) is 0 Å². The number of aliphatic hydroxyl groups is 1. The third-order valence-corrected chi connectivity index (χ3v) is 12.1. The summed E-state index contributed by atoms with van der Waals surface area (Å²) in [6, 6.07) is 0. The van der Waals surface area contributed by atoms with E-state index in [9.17, 15) is 28.9 Å². The van der Waals surface area contributed by atoms with Gasteiger partial charge in [0.2, 0.25) is 0 Å². The van der Waals surface area contributed by atoms with E-state index in [0.717, 1.165) is 109 Å². The van der Waals surface area contributed by atoms with Crippen molar-refractivity contribution >= 4 is 25.7 Å². The summed E-state index contributed by atoms with van der Waals surface area (Å²) < 4.78 is 39.4. The lowest BCUT2D eigenvalue weighted by Crippen LogP contribution is -2.30. The molecule has 3 unspecified atom stereocenters. The molecule has 0 fully saturated rings. The Morgan fingerprint density at radius 3 is 1.19 bits per heavy atom. The standard InChI is InChI=1S/C56H97O11P/c1-4-7-10-13-16-19-22-25-26-29-32-35-38-41-44-47-56(60)67-53(49-63-54(58)45-42-39-36-33-30-27-23-20-17-14-11-8-5-2)51-65-68(61,62)64-50-52(48-57)66-55(59)46-43-40-37-34-31-28-24-21-18-15-12-9-6-3/h7-8,10-11,16-17,19-20,25-27,30,52-53,57H,4-6,9,12-15,18,21-24,28-29,31-51H2,1-3H3,(H,61,62)/b10-7-,11-8-,19-16-,20-17-,26-25-,30-27-. The third-order valence-electron chi connectivity index (χ3n) is 11.1.